The van der Waals surface area contributed by atoms with E-state index in [1.54, 1.807) is 18.2 Å². The second-order valence-electron chi connectivity index (χ2n) is 4.21. The number of rotatable bonds is 6. The van der Waals surface area contributed by atoms with E-state index in [1.165, 1.54) is 12.8 Å². The molecule has 0 aliphatic heterocycles. The molecule has 0 amide bonds. The fourth-order valence-electron chi connectivity index (χ4n) is 1.44. The predicted octanol–water partition coefficient (Wildman–Crippen LogP) is 2.20. The van der Waals surface area contributed by atoms with Crippen LogP contribution in [0.1, 0.15) is 18.4 Å². The Kier molecular flexibility index (Phi) is 4.28. The van der Waals surface area contributed by atoms with Gasteiger partial charge in [0.15, 0.2) is 12.6 Å². The van der Waals surface area contributed by atoms with Gasteiger partial charge in [-0.25, -0.2) is 0 Å². The number of nitrogens with zero attached hydrogens (tertiary/aromatic N) is 1. The summed E-state index contributed by atoms with van der Waals surface area (Å²) in [5.74, 6) is 1.22. The normalized spacial score (nSPS) is 15.7. The molecule has 0 spiro atoms. The molecular formula is C12H15ClN2O3. The number of halogens is 1. The molecule has 1 aliphatic rings. The van der Waals surface area contributed by atoms with E-state index in [9.17, 15) is 0 Å². The lowest BCUT2D eigenvalue weighted by Gasteiger charge is -2.09. The van der Waals surface area contributed by atoms with Crippen molar-refractivity contribution in [2.45, 2.75) is 12.8 Å². The molecule has 3 N–H and O–H groups in total. The van der Waals surface area contributed by atoms with Crippen LogP contribution in [0.3, 0.4) is 0 Å². The van der Waals surface area contributed by atoms with Crippen molar-refractivity contribution < 1.29 is 14.7 Å². The molecule has 0 saturated heterocycles. The van der Waals surface area contributed by atoms with E-state index in [4.69, 9.17) is 32.0 Å². The maximum Gasteiger partial charge on any atom is 0.189 e. The molecule has 98 valence electrons. The molecule has 1 fully saturated rings. The summed E-state index contributed by atoms with van der Waals surface area (Å²) in [7, 11) is 0. The predicted molar refractivity (Wildman–Crippen MR) is 68.1 cm³/mol. The molecule has 0 bridgehead atoms. The van der Waals surface area contributed by atoms with Gasteiger partial charge >= 0.3 is 0 Å². The maximum absolute atomic E-state index is 8.55. The highest BCUT2D eigenvalue weighted by molar-refractivity contribution is 6.32. The summed E-state index contributed by atoms with van der Waals surface area (Å²) in [6.07, 6.45) is 2.49. The molecule has 2 rings (SSSR count). The summed E-state index contributed by atoms with van der Waals surface area (Å²) < 4.78 is 10.7. The zero-order valence-electron chi connectivity index (χ0n) is 9.80. The van der Waals surface area contributed by atoms with Gasteiger partial charge < -0.3 is 20.4 Å². The summed E-state index contributed by atoms with van der Waals surface area (Å²) in [6.45, 7) is 0.916. The smallest absolute Gasteiger partial charge is 0.189 e. The average molecular weight is 271 g/mol. The second kappa shape index (κ2) is 5.93. The van der Waals surface area contributed by atoms with Crippen LogP contribution >= 0.6 is 11.6 Å². The van der Waals surface area contributed by atoms with Crippen molar-refractivity contribution in [2.75, 3.05) is 13.4 Å². The van der Waals surface area contributed by atoms with E-state index in [0.29, 0.717) is 22.3 Å². The molecule has 0 unspecified atom stereocenters. The van der Waals surface area contributed by atoms with Crippen LogP contribution in [0.2, 0.25) is 5.02 Å². The number of hydrogen-bond donors (Lipinski definition) is 2. The number of oxime groups is 1. The van der Waals surface area contributed by atoms with Crippen LogP contribution in [0, 0.1) is 5.92 Å². The number of hydrogen-bond acceptors (Lipinski definition) is 4. The van der Waals surface area contributed by atoms with Crippen molar-refractivity contribution in [1.29, 1.82) is 0 Å². The first-order valence-electron chi connectivity index (χ1n) is 5.68. The Morgan fingerprint density at radius 1 is 1.50 bits per heavy atom. The third kappa shape index (κ3) is 3.51. The minimum atomic E-state index is 0.00781. The Hall–Kier alpha value is -1.46. The topological polar surface area (TPSA) is 77.1 Å². The number of amidine groups is 1. The van der Waals surface area contributed by atoms with Crippen LogP contribution in [-0.2, 0) is 4.74 Å². The molecule has 1 aromatic carbocycles. The van der Waals surface area contributed by atoms with E-state index in [1.807, 2.05) is 0 Å². The number of nitrogens with two attached hydrogens (primary N) is 1. The Morgan fingerprint density at radius 2 is 2.28 bits per heavy atom. The van der Waals surface area contributed by atoms with Crippen LogP contribution in [0.5, 0.6) is 5.75 Å². The lowest BCUT2D eigenvalue weighted by molar-refractivity contribution is 0.0100. The largest absolute Gasteiger partial charge is 0.466 e. The third-order valence-electron chi connectivity index (χ3n) is 2.68. The summed E-state index contributed by atoms with van der Waals surface area (Å²) in [5, 5.41) is 11.8. The van der Waals surface area contributed by atoms with Crippen molar-refractivity contribution >= 4 is 17.4 Å². The third-order valence-corrected chi connectivity index (χ3v) is 2.98. The number of ether oxygens (including phenoxy) is 2. The Morgan fingerprint density at radius 3 is 2.89 bits per heavy atom. The van der Waals surface area contributed by atoms with Crippen LogP contribution in [0.4, 0.5) is 0 Å². The van der Waals surface area contributed by atoms with Crippen molar-refractivity contribution in [3.63, 3.8) is 0 Å². The van der Waals surface area contributed by atoms with Crippen LogP contribution in [0.25, 0.3) is 0 Å². The van der Waals surface area contributed by atoms with E-state index < -0.39 is 0 Å². The summed E-state index contributed by atoms with van der Waals surface area (Å²) in [5.41, 5.74) is 5.99. The number of benzene rings is 1. The lowest BCUT2D eigenvalue weighted by Crippen LogP contribution is -2.13. The lowest BCUT2D eigenvalue weighted by atomic mass is 10.2. The van der Waals surface area contributed by atoms with E-state index in [0.717, 1.165) is 6.61 Å². The monoisotopic (exact) mass is 270 g/mol. The van der Waals surface area contributed by atoms with Gasteiger partial charge in [0, 0.05) is 5.56 Å². The second-order valence-corrected chi connectivity index (χ2v) is 4.61. The van der Waals surface area contributed by atoms with Crippen LogP contribution in [-0.4, -0.2) is 24.4 Å². The van der Waals surface area contributed by atoms with Gasteiger partial charge in [-0.3, -0.25) is 0 Å². The molecule has 18 heavy (non-hydrogen) atoms. The van der Waals surface area contributed by atoms with Gasteiger partial charge in [-0.05, 0) is 37.0 Å². The van der Waals surface area contributed by atoms with E-state index in [-0.39, 0.29) is 12.6 Å². The zero-order valence-corrected chi connectivity index (χ0v) is 10.6. The minimum Gasteiger partial charge on any atom is -0.466 e. The quantitative estimate of drug-likeness (QED) is 0.207. The molecule has 5 nitrogen and oxygen atoms in total. The first kappa shape index (κ1) is 13.0. The summed E-state index contributed by atoms with van der Waals surface area (Å²) >= 11 is 6.01. The molecule has 1 aromatic rings. The maximum atomic E-state index is 8.55. The first-order chi connectivity index (χ1) is 8.70. The first-order valence-corrected chi connectivity index (χ1v) is 6.06. The van der Waals surface area contributed by atoms with Gasteiger partial charge in [-0.15, -0.1) is 0 Å². The van der Waals surface area contributed by atoms with Gasteiger partial charge in [-0.2, -0.15) is 0 Å². The van der Waals surface area contributed by atoms with Crippen molar-refractivity contribution in [3.8, 4) is 5.75 Å². The fourth-order valence-corrected chi connectivity index (χ4v) is 1.67. The van der Waals surface area contributed by atoms with Crippen LogP contribution < -0.4 is 10.5 Å². The van der Waals surface area contributed by atoms with Crippen molar-refractivity contribution in [3.05, 3.63) is 28.8 Å². The standard InChI is InChI=1S/C12H15ClN2O3/c13-10-5-9(12(14)15-16)3-4-11(10)18-7-17-6-8-1-2-8/h3-5,8,16H,1-2,6-7H2,(H2,14,15). The minimum absolute atomic E-state index is 0.00781. The highest BCUT2D eigenvalue weighted by Gasteiger charge is 2.21. The van der Waals surface area contributed by atoms with Gasteiger partial charge in [-0.1, -0.05) is 16.8 Å². The molecule has 0 atom stereocenters. The summed E-state index contributed by atoms with van der Waals surface area (Å²) in [6, 6.07) is 4.90. The highest BCUT2D eigenvalue weighted by atomic mass is 35.5. The van der Waals surface area contributed by atoms with E-state index >= 15 is 0 Å². The van der Waals surface area contributed by atoms with Crippen LogP contribution in [0.15, 0.2) is 23.4 Å². The SMILES string of the molecule is N/C(=N/O)c1ccc(OCOCC2CC2)c(Cl)c1. The van der Waals surface area contributed by atoms with E-state index in [2.05, 4.69) is 5.16 Å². The Labute approximate surface area is 110 Å². The van der Waals surface area contributed by atoms with Gasteiger partial charge in [0.1, 0.15) is 5.75 Å². The Balaban J connectivity index is 1.87. The zero-order chi connectivity index (χ0) is 13.0. The summed E-state index contributed by atoms with van der Waals surface area (Å²) in [4.78, 5) is 0. The molecule has 0 heterocycles. The van der Waals surface area contributed by atoms with Gasteiger partial charge in [0.2, 0.25) is 0 Å². The van der Waals surface area contributed by atoms with Gasteiger partial charge in [0.05, 0.1) is 11.6 Å². The average Bonchev–Trinajstić information content (AvgIpc) is 3.19. The fraction of sp³-hybridized carbons (Fsp3) is 0.417. The molecule has 0 radical (unpaired) electrons. The van der Waals surface area contributed by atoms with Crippen molar-refractivity contribution in [1.82, 2.24) is 0 Å². The Bertz CT molecular complexity index is 447. The van der Waals surface area contributed by atoms with Gasteiger partial charge in [0.25, 0.3) is 0 Å². The van der Waals surface area contributed by atoms with Crippen molar-refractivity contribution in [2.24, 2.45) is 16.8 Å². The molecular weight excluding hydrogens is 256 g/mol. The molecule has 1 saturated carbocycles. The highest BCUT2D eigenvalue weighted by Crippen LogP contribution is 2.29. The molecule has 0 aromatic heterocycles. The molecule has 6 heteroatoms. The molecule has 1 aliphatic carbocycles.